The summed E-state index contributed by atoms with van der Waals surface area (Å²) in [5.74, 6) is 0.0295. The number of rotatable bonds is 7. The van der Waals surface area contributed by atoms with Crippen LogP contribution >= 0.6 is 15.9 Å². The number of hydrogen-bond acceptors (Lipinski definition) is 3. The Bertz CT molecular complexity index is 421. The van der Waals surface area contributed by atoms with E-state index in [0.29, 0.717) is 13.0 Å². The number of halogens is 1. The Morgan fingerprint density at radius 1 is 1.32 bits per heavy atom. The van der Waals surface area contributed by atoms with E-state index in [1.165, 1.54) is 0 Å². The Kier molecular flexibility index (Phi) is 7.05. The fourth-order valence-electron chi connectivity index (χ4n) is 1.56. The largest absolute Gasteiger partial charge is 0.325 e. The van der Waals surface area contributed by atoms with Crippen molar-refractivity contribution in [3.63, 3.8) is 0 Å². The van der Waals surface area contributed by atoms with E-state index in [-0.39, 0.29) is 5.91 Å². The molecule has 0 heterocycles. The van der Waals surface area contributed by atoms with Crippen LogP contribution in [0.3, 0.4) is 0 Å². The van der Waals surface area contributed by atoms with E-state index in [0.717, 1.165) is 28.8 Å². The molecular formula is C14H22BrN3O. The molecule has 0 fully saturated rings. The zero-order valence-corrected chi connectivity index (χ0v) is 13.4. The highest BCUT2D eigenvalue weighted by Crippen LogP contribution is 2.23. The fraction of sp³-hybridized carbons (Fsp3) is 0.500. The maximum absolute atomic E-state index is 11.8. The topological polar surface area (TPSA) is 44.4 Å². The number of benzene rings is 1. The lowest BCUT2D eigenvalue weighted by atomic mass is 10.2. The molecule has 4 nitrogen and oxygen atoms in total. The molecule has 5 heteroatoms. The minimum absolute atomic E-state index is 0.0295. The van der Waals surface area contributed by atoms with Crippen molar-refractivity contribution in [3.05, 3.63) is 28.2 Å². The molecule has 0 aromatic heterocycles. The molecule has 0 aliphatic rings. The third-order valence-corrected chi connectivity index (χ3v) is 3.32. The maximum Gasteiger partial charge on any atom is 0.225 e. The Morgan fingerprint density at radius 3 is 2.68 bits per heavy atom. The van der Waals surface area contributed by atoms with Crippen LogP contribution in [0.4, 0.5) is 5.69 Å². The molecule has 0 aliphatic carbocycles. The van der Waals surface area contributed by atoms with Gasteiger partial charge in [0.1, 0.15) is 0 Å². The highest BCUT2D eigenvalue weighted by atomic mass is 79.9. The molecule has 0 unspecified atom stereocenters. The average molecular weight is 328 g/mol. The van der Waals surface area contributed by atoms with Gasteiger partial charge in [-0.25, -0.2) is 0 Å². The van der Waals surface area contributed by atoms with E-state index in [9.17, 15) is 4.79 Å². The average Bonchev–Trinajstić information content (AvgIpc) is 2.32. The van der Waals surface area contributed by atoms with Gasteiger partial charge in [-0.2, -0.15) is 0 Å². The van der Waals surface area contributed by atoms with E-state index < -0.39 is 0 Å². The van der Waals surface area contributed by atoms with Gasteiger partial charge in [0, 0.05) is 30.5 Å². The van der Waals surface area contributed by atoms with Gasteiger partial charge in [0.2, 0.25) is 5.91 Å². The van der Waals surface area contributed by atoms with Gasteiger partial charge >= 0.3 is 0 Å². The summed E-state index contributed by atoms with van der Waals surface area (Å²) in [6.45, 7) is 4.59. The summed E-state index contributed by atoms with van der Waals surface area (Å²) < 4.78 is 0.918. The normalized spacial score (nSPS) is 10.8. The number of likely N-dealkylation sites (N-methyl/N-ethyl adjacent to an activating group) is 1. The summed E-state index contributed by atoms with van der Waals surface area (Å²) in [6, 6.07) is 5.89. The molecule has 0 radical (unpaired) electrons. The number of anilines is 1. The number of nitrogens with zero attached hydrogens (tertiary/aromatic N) is 1. The number of carbonyl (C=O) groups is 1. The lowest BCUT2D eigenvalue weighted by molar-refractivity contribution is -0.116. The molecule has 19 heavy (non-hydrogen) atoms. The summed E-state index contributed by atoms with van der Waals surface area (Å²) in [5, 5.41) is 6.14. The number of hydrogen-bond donors (Lipinski definition) is 2. The number of aryl methyl sites for hydroxylation is 1. The van der Waals surface area contributed by atoms with Crippen molar-refractivity contribution < 1.29 is 4.79 Å². The lowest BCUT2D eigenvalue weighted by Gasteiger charge is -2.11. The van der Waals surface area contributed by atoms with Crippen molar-refractivity contribution in [2.24, 2.45) is 0 Å². The Hall–Kier alpha value is -0.910. The summed E-state index contributed by atoms with van der Waals surface area (Å²) in [6.07, 6.45) is 0.480. The zero-order valence-electron chi connectivity index (χ0n) is 11.8. The Morgan fingerprint density at radius 2 is 2.05 bits per heavy atom. The van der Waals surface area contributed by atoms with Crippen molar-refractivity contribution in [3.8, 4) is 0 Å². The second kappa shape index (κ2) is 8.30. The van der Waals surface area contributed by atoms with Gasteiger partial charge < -0.3 is 15.5 Å². The van der Waals surface area contributed by atoms with Crippen LogP contribution in [0.2, 0.25) is 0 Å². The molecule has 1 aromatic carbocycles. The zero-order chi connectivity index (χ0) is 14.3. The van der Waals surface area contributed by atoms with Crippen molar-refractivity contribution in [1.82, 2.24) is 10.2 Å². The predicted octanol–water partition coefficient (Wildman–Crippen LogP) is 2.24. The van der Waals surface area contributed by atoms with Gasteiger partial charge in [0.05, 0.1) is 5.69 Å². The van der Waals surface area contributed by atoms with Crippen LogP contribution in [0.1, 0.15) is 12.0 Å². The van der Waals surface area contributed by atoms with Gasteiger partial charge in [-0.05, 0) is 54.6 Å². The summed E-state index contributed by atoms with van der Waals surface area (Å²) in [7, 11) is 4.06. The third kappa shape index (κ3) is 6.71. The molecular weight excluding hydrogens is 306 g/mol. The number of amides is 1. The van der Waals surface area contributed by atoms with Gasteiger partial charge in [0.15, 0.2) is 0 Å². The maximum atomic E-state index is 11.8. The van der Waals surface area contributed by atoms with Crippen LogP contribution in [-0.4, -0.2) is 44.5 Å². The second-order valence-corrected chi connectivity index (χ2v) is 5.69. The minimum atomic E-state index is 0.0295. The highest BCUT2D eigenvalue weighted by molar-refractivity contribution is 9.10. The highest BCUT2D eigenvalue weighted by Gasteiger charge is 2.05. The Balaban J connectivity index is 2.27. The van der Waals surface area contributed by atoms with Crippen molar-refractivity contribution in [2.75, 3.05) is 39.0 Å². The first-order valence-electron chi connectivity index (χ1n) is 6.40. The molecule has 2 N–H and O–H groups in total. The molecule has 0 atom stereocenters. The minimum Gasteiger partial charge on any atom is -0.325 e. The first-order chi connectivity index (χ1) is 8.99. The molecule has 1 amide bonds. The van der Waals surface area contributed by atoms with Crippen LogP contribution < -0.4 is 10.6 Å². The molecule has 0 saturated heterocycles. The molecule has 1 aromatic rings. The number of nitrogens with one attached hydrogen (secondary N) is 2. The van der Waals surface area contributed by atoms with E-state index in [1.54, 1.807) is 0 Å². The summed E-state index contributed by atoms with van der Waals surface area (Å²) >= 11 is 3.45. The monoisotopic (exact) mass is 327 g/mol. The smallest absolute Gasteiger partial charge is 0.225 e. The van der Waals surface area contributed by atoms with Crippen molar-refractivity contribution in [2.45, 2.75) is 13.3 Å². The molecule has 0 spiro atoms. The van der Waals surface area contributed by atoms with Crippen molar-refractivity contribution >= 4 is 27.5 Å². The van der Waals surface area contributed by atoms with E-state index in [2.05, 4.69) is 31.5 Å². The third-order valence-electron chi connectivity index (χ3n) is 2.66. The number of carbonyl (C=O) groups excluding carboxylic acids is 1. The first kappa shape index (κ1) is 16.1. The van der Waals surface area contributed by atoms with E-state index >= 15 is 0 Å². The van der Waals surface area contributed by atoms with Crippen LogP contribution in [0.15, 0.2) is 22.7 Å². The van der Waals surface area contributed by atoms with Crippen LogP contribution in [0.25, 0.3) is 0 Å². The lowest BCUT2D eigenvalue weighted by Crippen LogP contribution is -2.29. The fourth-order valence-corrected chi connectivity index (χ4v) is 2.16. The predicted molar refractivity (Wildman–Crippen MR) is 83.5 cm³/mol. The van der Waals surface area contributed by atoms with Crippen LogP contribution in [0, 0.1) is 6.92 Å². The SMILES string of the molecule is Cc1ccc(NC(=O)CCNCCN(C)C)c(Br)c1. The van der Waals surface area contributed by atoms with Gasteiger partial charge in [0.25, 0.3) is 0 Å². The van der Waals surface area contributed by atoms with E-state index in [1.807, 2.05) is 39.2 Å². The van der Waals surface area contributed by atoms with Crippen molar-refractivity contribution in [1.29, 1.82) is 0 Å². The molecule has 0 bridgehead atoms. The molecule has 0 saturated carbocycles. The second-order valence-electron chi connectivity index (χ2n) is 4.83. The van der Waals surface area contributed by atoms with Gasteiger partial charge in [-0.1, -0.05) is 6.07 Å². The molecule has 0 aliphatic heterocycles. The summed E-state index contributed by atoms with van der Waals surface area (Å²) in [4.78, 5) is 13.9. The quantitative estimate of drug-likeness (QED) is 0.755. The standard InChI is InChI=1S/C14H22BrN3O/c1-11-4-5-13(12(15)10-11)17-14(19)6-7-16-8-9-18(2)3/h4-5,10,16H,6-9H2,1-3H3,(H,17,19). The van der Waals surface area contributed by atoms with E-state index in [4.69, 9.17) is 0 Å². The Labute approximate surface area is 123 Å². The van der Waals surface area contributed by atoms with Gasteiger partial charge in [-0.3, -0.25) is 4.79 Å². The van der Waals surface area contributed by atoms with Gasteiger partial charge in [-0.15, -0.1) is 0 Å². The first-order valence-corrected chi connectivity index (χ1v) is 7.20. The molecule has 1 rings (SSSR count). The summed E-state index contributed by atoms with van der Waals surface area (Å²) in [5.41, 5.74) is 1.99. The van der Waals surface area contributed by atoms with Crippen LogP contribution in [0.5, 0.6) is 0 Å². The molecule has 106 valence electrons. The van der Waals surface area contributed by atoms with Crippen LogP contribution in [-0.2, 0) is 4.79 Å².